The van der Waals surface area contributed by atoms with Crippen molar-refractivity contribution in [2.45, 2.75) is 39.8 Å². The standard InChI is InChI=1S/C27H26N2O6S/c1-15(2)34-26(32)23-16(3)28-27-29(24(23)19-9-11-20(33-5)12-10-19)25(31)22(36-27)14-18-7-6-8-21(13-18)35-17(4)30/h6-15,24H,1-5H3/b22-14-/t24-/m1/s1. The van der Waals surface area contributed by atoms with Gasteiger partial charge in [0.15, 0.2) is 4.80 Å². The highest BCUT2D eigenvalue weighted by molar-refractivity contribution is 7.07. The number of nitrogens with zero attached hydrogens (tertiary/aromatic N) is 2. The molecule has 2 heterocycles. The molecule has 0 fully saturated rings. The number of aromatic nitrogens is 1. The first-order chi connectivity index (χ1) is 17.2. The van der Waals surface area contributed by atoms with Crippen molar-refractivity contribution in [2.24, 2.45) is 4.99 Å². The van der Waals surface area contributed by atoms with E-state index in [9.17, 15) is 14.4 Å². The minimum atomic E-state index is -0.715. The van der Waals surface area contributed by atoms with Gasteiger partial charge in [0.05, 0.1) is 35.1 Å². The van der Waals surface area contributed by atoms with Crippen LogP contribution in [0.3, 0.4) is 0 Å². The molecule has 0 amide bonds. The lowest BCUT2D eigenvalue weighted by molar-refractivity contribution is -0.143. The largest absolute Gasteiger partial charge is 0.497 e. The van der Waals surface area contributed by atoms with E-state index in [1.54, 1.807) is 64.3 Å². The molecule has 1 aliphatic heterocycles. The zero-order valence-corrected chi connectivity index (χ0v) is 21.4. The highest BCUT2D eigenvalue weighted by atomic mass is 32.1. The van der Waals surface area contributed by atoms with Gasteiger partial charge >= 0.3 is 11.9 Å². The molecule has 0 saturated heterocycles. The molecule has 2 aromatic carbocycles. The quantitative estimate of drug-likeness (QED) is 0.377. The van der Waals surface area contributed by atoms with E-state index in [4.69, 9.17) is 14.2 Å². The van der Waals surface area contributed by atoms with E-state index in [0.29, 0.717) is 37.7 Å². The number of rotatable bonds is 6. The fourth-order valence-corrected chi connectivity index (χ4v) is 4.99. The van der Waals surface area contributed by atoms with Gasteiger partial charge in [-0.3, -0.25) is 14.2 Å². The Labute approximate surface area is 211 Å². The highest BCUT2D eigenvalue weighted by Crippen LogP contribution is 2.31. The maximum absolute atomic E-state index is 13.7. The minimum absolute atomic E-state index is 0.292. The predicted octanol–water partition coefficient (Wildman–Crippen LogP) is 3.12. The third-order valence-corrected chi connectivity index (χ3v) is 6.42. The molecule has 1 aromatic heterocycles. The van der Waals surface area contributed by atoms with Crippen molar-refractivity contribution in [2.75, 3.05) is 7.11 Å². The van der Waals surface area contributed by atoms with Gasteiger partial charge in [-0.05, 0) is 62.2 Å². The van der Waals surface area contributed by atoms with Gasteiger partial charge in [0, 0.05) is 6.92 Å². The molecule has 0 N–H and O–H groups in total. The number of benzene rings is 2. The number of hydrogen-bond donors (Lipinski definition) is 0. The van der Waals surface area contributed by atoms with Gasteiger partial charge in [-0.15, -0.1) is 0 Å². The third-order valence-electron chi connectivity index (χ3n) is 5.43. The number of allylic oxidation sites excluding steroid dienone is 1. The van der Waals surface area contributed by atoms with Crippen molar-refractivity contribution < 1.29 is 23.8 Å². The zero-order valence-electron chi connectivity index (χ0n) is 20.6. The highest BCUT2D eigenvalue weighted by Gasteiger charge is 2.33. The van der Waals surface area contributed by atoms with Crippen LogP contribution in [-0.2, 0) is 14.3 Å². The number of thiazole rings is 1. The van der Waals surface area contributed by atoms with Gasteiger partial charge in [0.25, 0.3) is 5.56 Å². The minimum Gasteiger partial charge on any atom is -0.497 e. The van der Waals surface area contributed by atoms with Gasteiger partial charge < -0.3 is 14.2 Å². The summed E-state index contributed by atoms with van der Waals surface area (Å²) in [5, 5.41) is 0. The fourth-order valence-electron chi connectivity index (χ4n) is 3.95. The fraction of sp³-hybridized carbons (Fsp3) is 0.259. The Balaban J connectivity index is 1.89. The van der Waals surface area contributed by atoms with Crippen LogP contribution >= 0.6 is 11.3 Å². The van der Waals surface area contributed by atoms with Gasteiger partial charge in [-0.1, -0.05) is 35.6 Å². The monoisotopic (exact) mass is 506 g/mol. The molecule has 36 heavy (non-hydrogen) atoms. The van der Waals surface area contributed by atoms with E-state index in [-0.39, 0.29) is 11.7 Å². The summed E-state index contributed by atoms with van der Waals surface area (Å²) in [6.45, 7) is 6.62. The molecule has 0 unspecified atom stereocenters. The Hall–Kier alpha value is -3.98. The second-order valence-corrected chi connectivity index (χ2v) is 9.48. The second kappa shape index (κ2) is 10.3. The number of fused-ring (bicyclic) bond motifs is 1. The van der Waals surface area contributed by atoms with E-state index in [1.807, 2.05) is 18.2 Å². The zero-order chi connectivity index (χ0) is 26.0. The topological polar surface area (TPSA) is 96.2 Å². The van der Waals surface area contributed by atoms with Crippen LogP contribution in [0.2, 0.25) is 0 Å². The SMILES string of the molecule is COc1ccc([C@@H]2C(C(=O)OC(C)C)=C(C)N=c3s/c(=C\c4cccc(OC(C)=O)c4)c(=O)n32)cc1. The molecule has 1 atom stereocenters. The van der Waals surface area contributed by atoms with Crippen molar-refractivity contribution in [1.82, 2.24) is 4.57 Å². The summed E-state index contributed by atoms with van der Waals surface area (Å²) >= 11 is 1.22. The number of carbonyl (C=O) groups excluding carboxylic acids is 2. The van der Waals surface area contributed by atoms with E-state index in [1.165, 1.54) is 22.8 Å². The number of ether oxygens (including phenoxy) is 3. The molecule has 0 bridgehead atoms. The maximum atomic E-state index is 13.7. The summed E-state index contributed by atoms with van der Waals surface area (Å²) in [7, 11) is 1.57. The Bertz CT molecular complexity index is 1530. The van der Waals surface area contributed by atoms with E-state index in [2.05, 4.69) is 4.99 Å². The molecule has 9 heteroatoms. The summed E-state index contributed by atoms with van der Waals surface area (Å²) in [5.41, 5.74) is 1.93. The van der Waals surface area contributed by atoms with Crippen LogP contribution in [0.5, 0.6) is 11.5 Å². The molecule has 186 valence electrons. The first-order valence-corrected chi connectivity index (χ1v) is 12.2. The second-order valence-electron chi connectivity index (χ2n) is 8.48. The Kier molecular flexibility index (Phi) is 7.21. The summed E-state index contributed by atoms with van der Waals surface area (Å²) in [6, 6.07) is 13.4. The molecular formula is C27H26N2O6S. The van der Waals surface area contributed by atoms with Gasteiger partial charge in [-0.25, -0.2) is 9.79 Å². The number of esters is 2. The van der Waals surface area contributed by atoms with E-state index < -0.39 is 18.0 Å². The molecule has 3 aromatic rings. The van der Waals surface area contributed by atoms with Crippen LogP contribution in [0.25, 0.3) is 6.08 Å². The summed E-state index contributed by atoms with van der Waals surface area (Å²) < 4.78 is 17.9. The van der Waals surface area contributed by atoms with Crippen LogP contribution in [0, 0.1) is 0 Å². The lowest BCUT2D eigenvalue weighted by Gasteiger charge is -2.25. The number of hydrogen-bond acceptors (Lipinski definition) is 8. The molecule has 0 radical (unpaired) electrons. The smallest absolute Gasteiger partial charge is 0.338 e. The molecular weight excluding hydrogens is 480 g/mol. The summed E-state index contributed by atoms with van der Waals surface area (Å²) in [4.78, 5) is 43.2. The molecule has 8 nitrogen and oxygen atoms in total. The van der Waals surface area contributed by atoms with Crippen LogP contribution in [-0.4, -0.2) is 29.7 Å². The van der Waals surface area contributed by atoms with Gasteiger partial charge in [0.1, 0.15) is 11.5 Å². The average Bonchev–Trinajstić information content (AvgIpc) is 3.12. The Morgan fingerprint density at radius 2 is 1.83 bits per heavy atom. The van der Waals surface area contributed by atoms with Crippen LogP contribution in [0.4, 0.5) is 0 Å². The Morgan fingerprint density at radius 1 is 1.11 bits per heavy atom. The van der Waals surface area contributed by atoms with Crippen LogP contribution in [0.15, 0.2) is 69.6 Å². The van der Waals surface area contributed by atoms with Crippen molar-refractivity contribution in [3.05, 3.63) is 90.6 Å². The lowest BCUT2D eigenvalue weighted by atomic mass is 9.96. The first-order valence-electron chi connectivity index (χ1n) is 11.3. The Morgan fingerprint density at radius 3 is 2.47 bits per heavy atom. The van der Waals surface area contributed by atoms with E-state index >= 15 is 0 Å². The van der Waals surface area contributed by atoms with Crippen molar-refractivity contribution in [3.8, 4) is 11.5 Å². The number of methoxy groups -OCH3 is 1. The molecule has 4 rings (SSSR count). The predicted molar refractivity (Wildman–Crippen MR) is 136 cm³/mol. The van der Waals surface area contributed by atoms with Crippen molar-refractivity contribution in [3.63, 3.8) is 0 Å². The molecule has 0 saturated carbocycles. The summed E-state index contributed by atoms with van der Waals surface area (Å²) in [6.07, 6.45) is 1.39. The third kappa shape index (κ3) is 5.16. The first kappa shape index (κ1) is 25.1. The molecule has 0 aliphatic carbocycles. The molecule has 0 spiro atoms. The van der Waals surface area contributed by atoms with Crippen molar-refractivity contribution in [1.29, 1.82) is 0 Å². The van der Waals surface area contributed by atoms with Crippen LogP contribution < -0.4 is 24.4 Å². The average molecular weight is 507 g/mol. The van der Waals surface area contributed by atoms with Gasteiger partial charge in [0.2, 0.25) is 0 Å². The van der Waals surface area contributed by atoms with Crippen LogP contribution in [0.1, 0.15) is 44.9 Å². The van der Waals surface area contributed by atoms with E-state index in [0.717, 1.165) is 5.56 Å². The van der Waals surface area contributed by atoms with Crippen molar-refractivity contribution >= 4 is 29.4 Å². The normalized spacial score (nSPS) is 15.4. The summed E-state index contributed by atoms with van der Waals surface area (Å²) in [5.74, 6) is 0.0956. The maximum Gasteiger partial charge on any atom is 0.338 e. The number of carbonyl (C=O) groups is 2. The van der Waals surface area contributed by atoms with Gasteiger partial charge in [-0.2, -0.15) is 0 Å². The molecule has 1 aliphatic rings. The lowest BCUT2D eigenvalue weighted by Crippen LogP contribution is -2.40.